The summed E-state index contributed by atoms with van der Waals surface area (Å²) >= 11 is 0. The van der Waals surface area contributed by atoms with Crippen molar-refractivity contribution in [3.8, 4) is 0 Å². The first-order valence-corrected chi connectivity index (χ1v) is 7.85. The van der Waals surface area contributed by atoms with Crippen LogP contribution in [0.1, 0.15) is 11.5 Å². The number of hydrogen-bond acceptors (Lipinski definition) is 2. The maximum Gasteiger partial charge on any atom is 0.152 e. The average molecular weight is 310 g/mol. The van der Waals surface area contributed by atoms with Gasteiger partial charge in [0.25, 0.3) is 0 Å². The largest absolute Gasteiger partial charge is 0.361 e. The zero-order valence-electron chi connectivity index (χ0n) is 12.8. The van der Waals surface area contributed by atoms with Crippen molar-refractivity contribution in [3.05, 3.63) is 72.4 Å². The Hall–Kier alpha value is -3.40. The minimum atomic E-state index is 0.704. The lowest BCUT2D eigenvalue weighted by Gasteiger charge is -2.00. The summed E-state index contributed by atoms with van der Waals surface area (Å²) in [5, 5.41) is 3.37. The van der Waals surface area contributed by atoms with E-state index in [0.29, 0.717) is 5.82 Å². The summed E-state index contributed by atoms with van der Waals surface area (Å²) in [5.41, 5.74) is 4.23. The molecular formula is C20H14N4. The quantitative estimate of drug-likeness (QED) is 0.494. The molecule has 0 amide bonds. The summed E-state index contributed by atoms with van der Waals surface area (Å²) in [6.45, 7) is 0. The van der Waals surface area contributed by atoms with Crippen LogP contribution in [0.2, 0.25) is 0 Å². The van der Waals surface area contributed by atoms with Crippen molar-refractivity contribution in [2.45, 2.75) is 0 Å². The molecule has 24 heavy (non-hydrogen) atoms. The van der Waals surface area contributed by atoms with Crippen LogP contribution >= 0.6 is 0 Å². The van der Waals surface area contributed by atoms with Crippen LogP contribution in [0, 0.1) is 0 Å². The van der Waals surface area contributed by atoms with Crippen molar-refractivity contribution in [3.63, 3.8) is 0 Å². The first kappa shape index (κ1) is 13.1. The highest BCUT2D eigenvalue weighted by Gasteiger charge is 2.04. The van der Waals surface area contributed by atoms with Gasteiger partial charge in [0.15, 0.2) is 5.82 Å². The normalized spacial score (nSPS) is 12.0. The molecule has 0 aliphatic rings. The zero-order chi connectivity index (χ0) is 15.9. The highest BCUT2D eigenvalue weighted by Crippen LogP contribution is 2.23. The topological polar surface area (TPSA) is 57.4 Å². The van der Waals surface area contributed by atoms with E-state index >= 15 is 0 Å². The van der Waals surface area contributed by atoms with Gasteiger partial charge in [0.1, 0.15) is 0 Å². The molecule has 0 atom stereocenters. The zero-order valence-corrected chi connectivity index (χ0v) is 12.8. The van der Waals surface area contributed by atoms with Crippen LogP contribution in [0.5, 0.6) is 0 Å². The van der Waals surface area contributed by atoms with Gasteiger partial charge in [-0.05, 0) is 47.9 Å². The Bertz CT molecular complexity index is 1180. The Morgan fingerprint density at radius 1 is 0.875 bits per heavy atom. The van der Waals surface area contributed by atoms with E-state index in [-0.39, 0.29) is 0 Å². The van der Waals surface area contributed by atoms with Crippen LogP contribution in [0.15, 0.2) is 60.9 Å². The van der Waals surface area contributed by atoms with E-state index in [1.165, 1.54) is 5.39 Å². The number of H-pyrrole nitrogens is 2. The maximum absolute atomic E-state index is 4.71. The summed E-state index contributed by atoms with van der Waals surface area (Å²) in [7, 11) is 0. The fourth-order valence-corrected chi connectivity index (χ4v) is 3.07. The standard InChI is InChI=1S/C20H14N4/c1-2-4-17-13(3-1)11-15(23-17)6-8-19-22-12-14-5-7-18-16(9-10-21-18)20(14)24-19/h1-12,21,23H. The van der Waals surface area contributed by atoms with Gasteiger partial charge in [-0.1, -0.05) is 18.2 Å². The van der Waals surface area contributed by atoms with Crippen molar-refractivity contribution >= 4 is 44.9 Å². The Morgan fingerprint density at radius 3 is 2.79 bits per heavy atom. The number of nitrogens with one attached hydrogen (secondary N) is 2. The fraction of sp³-hybridized carbons (Fsp3) is 0. The average Bonchev–Trinajstić information content (AvgIpc) is 3.26. The van der Waals surface area contributed by atoms with Gasteiger partial charge in [-0.15, -0.1) is 0 Å². The molecule has 5 rings (SSSR count). The first-order chi connectivity index (χ1) is 11.9. The van der Waals surface area contributed by atoms with Gasteiger partial charge in [-0.3, -0.25) is 0 Å². The van der Waals surface area contributed by atoms with Crippen molar-refractivity contribution < 1.29 is 0 Å². The van der Waals surface area contributed by atoms with Gasteiger partial charge < -0.3 is 9.97 Å². The van der Waals surface area contributed by atoms with Crippen LogP contribution in [0.25, 0.3) is 44.9 Å². The minimum Gasteiger partial charge on any atom is -0.361 e. The van der Waals surface area contributed by atoms with Crippen LogP contribution in [0.3, 0.4) is 0 Å². The van der Waals surface area contributed by atoms with E-state index in [9.17, 15) is 0 Å². The second-order valence-corrected chi connectivity index (χ2v) is 5.82. The molecule has 0 spiro atoms. The molecular weight excluding hydrogens is 296 g/mol. The molecule has 2 aromatic carbocycles. The lowest BCUT2D eigenvalue weighted by Crippen LogP contribution is -1.88. The third kappa shape index (κ3) is 2.08. The molecule has 0 radical (unpaired) electrons. The second kappa shape index (κ2) is 5.06. The Morgan fingerprint density at radius 2 is 1.83 bits per heavy atom. The molecule has 0 aliphatic heterocycles. The summed E-state index contributed by atoms with van der Waals surface area (Å²) in [6.07, 6.45) is 7.76. The fourth-order valence-electron chi connectivity index (χ4n) is 3.07. The van der Waals surface area contributed by atoms with Gasteiger partial charge in [0.2, 0.25) is 0 Å². The molecule has 0 fully saturated rings. The predicted octanol–water partition coefficient (Wildman–Crippen LogP) is 4.76. The molecule has 0 saturated heterocycles. The lowest BCUT2D eigenvalue weighted by atomic mass is 10.2. The second-order valence-electron chi connectivity index (χ2n) is 5.82. The number of aromatic amines is 2. The smallest absolute Gasteiger partial charge is 0.152 e. The van der Waals surface area contributed by atoms with E-state index < -0.39 is 0 Å². The van der Waals surface area contributed by atoms with Crippen molar-refractivity contribution in [1.82, 2.24) is 19.9 Å². The lowest BCUT2D eigenvalue weighted by molar-refractivity contribution is 1.19. The van der Waals surface area contributed by atoms with Gasteiger partial charge in [0.05, 0.1) is 5.52 Å². The molecule has 3 heterocycles. The number of rotatable bonds is 2. The van der Waals surface area contributed by atoms with Crippen molar-refractivity contribution in [1.29, 1.82) is 0 Å². The summed E-state index contributed by atoms with van der Waals surface area (Å²) in [4.78, 5) is 15.8. The molecule has 4 heteroatoms. The molecule has 2 N–H and O–H groups in total. The number of aromatic nitrogens is 4. The SMILES string of the molecule is C(=Cc1cc2ccccc2[nH]1)c1ncc2ccc3[nH]ccc3c2n1. The van der Waals surface area contributed by atoms with Gasteiger partial charge in [-0.25, -0.2) is 9.97 Å². The van der Waals surface area contributed by atoms with E-state index in [1.54, 1.807) is 0 Å². The minimum absolute atomic E-state index is 0.704. The molecule has 114 valence electrons. The van der Waals surface area contributed by atoms with E-state index in [2.05, 4.69) is 45.3 Å². The molecule has 0 bridgehead atoms. The highest BCUT2D eigenvalue weighted by atomic mass is 14.9. The van der Waals surface area contributed by atoms with Crippen LogP contribution in [0.4, 0.5) is 0 Å². The number of hydrogen-bond donors (Lipinski definition) is 2. The van der Waals surface area contributed by atoms with E-state index in [1.807, 2.05) is 42.7 Å². The Balaban J connectivity index is 1.58. The number of benzene rings is 2. The number of fused-ring (bicyclic) bond motifs is 4. The van der Waals surface area contributed by atoms with Gasteiger partial charge >= 0.3 is 0 Å². The van der Waals surface area contributed by atoms with E-state index in [4.69, 9.17) is 4.98 Å². The van der Waals surface area contributed by atoms with Crippen LogP contribution < -0.4 is 0 Å². The molecule has 3 aromatic heterocycles. The van der Waals surface area contributed by atoms with Gasteiger partial charge in [-0.2, -0.15) is 0 Å². The Labute approximate surface area is 137 Å². The maximum atomic E-state index is 4.71. The van der Waals surface area contributed by atoms with Crippen LogP contribution in [-0.2, 0) is 0 Å². The van der Waals surface area contributed by atoms with E-state index in [0.717, 1.165) is 33.0 Å². The molecule has 4 nitrogen and oxygen atoms in total. The third-order valence-electron chi connectivity index (χ3n) is 4.26. The van der Waals surface area contributed by atoms with Gasteiger partial charge in [0, 0.05) is 39.9 Å². The molecule has 5 aromatic rings. The van der Waals surface area contributed by atoms with Crippen LogP contribution in [-0.4, -0.2) is 19.9 Å². The van der Waals surface area contributed by atoms with Crippen molar-refractivity contribution in [2.24, 2.45) is 0 Å². The molecule has 0 saturated carbocycles. The molecule has 0 aliphatic carbocycles. The highest BCUT2D eigenvalue weighted by molar-refractivity contribution is 6.03. The molecule has 0 unspecified atom stereocenters. The first-order valence-electron chi connectivity index (χ1n) is 7.85. The van der Waals surface area contributed by atoms with Crippen molar-refractivity contribution in [2.75, 3.05) is 0 Å². The number of para-hydroxylation sites is 1. The summed E-state index contributed by atoms with van der Waals surface area (Å²) in [5.74, 6) is 0.704. The summed E-state index contributed by atoms with van der Waals surface area (Å²) in [6, 6.07) is 16.5. The third-order valence-corrected chi connectivity index (χ3v) is 4.26. The monoisotopic (exact) mass is 310 g/mol. The summed E-state index contributed by atoms with van der Waals surface area (Å²) < 4.78 is 0. The Kier molecular flexibility index (Phi) is 2.76. The number of nitrogens with zero attached hydrogens (tertiary/aromatic N) is 2. The predicted molar refractivity (Wildman–Crippen MR) is 98.6 cm³/mol.